The number of thioether (sulfide) groups is 1. The number of aromatic nitrogens is 3. The third-order valence-corrected chi connectivity index (χ3v) is 5.81. The Morgan fingerprint density at radius 3 is 2.32 bits per heavy atom. The molecular formula is C23H27N3O4S. The SMILES string of the molecule is CCCCn1c(SCC(=O)c2ccc(OC)cc2OC)nnc1-c1ccc(OC)cc1. The van der Waals surface area contributed by atoms with Crippen LogP contribution in [0, 0.1) is 0 Å². The Balaban J connectivity index is 1.81. The average molecular weight is 442 g/mol. The van der Waals surface area contributed by atoms with Gasteiger partial charge in [0.25, 0.3) is 0 Å². The van der Waals surface area contributed by atoms with E-state index in [1.54, 1.807) is 39.5 Å². The normalized spacial score (nSPS) is 10.7. The van der Waals surface area contributed by atoms with Gasteiger partial charge in [-0.1, -0.05) is 25.1 Å². The molecule has 0 aliphatic carbocycles. The summed E-state index contributed by atoms with van der Waals surface area (Å²) in [5.41, 5.74) is 1.48. The van der Waals surface area contributed by atoms with Crippen molar-refractivity contribution in [1.29, 1.82) is 0 Å². The molecule has 8 heteroatoms. The Morgan fingerprint density at radius 2 is 1.68 bits per heavy atom. The van der Waals surface area contributed by atoms with Gasteiger partial charge in [-0.25, -0.2) is 0 Å². The number of rotatable bonds is 11. The van der Waals surface area contributed by atoms with Gasteiger partial charge in [-0.05, 0) is 42.8 Å². The molecule has 0 radical (unpaired) electrons. The standard InChI is InChI=1S/C23H27N3O4S/c1-5-6-13-26-22(16-7-9-17(28-2)10-8-16)24-25-23(26)31-15-20(27)19-12-11-18(29-3)14-21(19)30-4/h7-12,14H,5-6,13,15H2,1-4H3. The lowest BCUT2D eigenvalue weighted by Gasteiger charge is -2.11. The van der Waals surface area contributed by atoms with Crippen molar-refractivity contribution in [2.45, 2.75) is 31.5 Å². The van der Waals surface area contributed by atoms with E-state index < -0.39 is 0 Å². The molecule has 0 saturated heterocycles. The van der Waals surface area contributed by atoms with Crippen molar-refractivity contribution in [3.05, 3.63) is 48.0 Å². The van der Waals surface area contributed by atoms with Crippen LogP contribution in [0.15, 0.2) is 47.6 Å². The Labute approximate surface area is 186 Å². The highest BCUT2D eigenvalue weighted by atomic mass is 32.2. The van der Waals surface area contributed by atoms with Gasteiger partial charge < -0.3 is 18.8 Å². The quantitative estimate of drug-likeness (QED) is 0.314. The molecule has 164 valence electrons. The number of ether oxygens (including phenoxy) is 3. The van der Waals surface area contributed by atoms with Crippen LogP contribution in [0.5, 0.6) is 17.2 Å². The van der Waals surface area contributed by atoms with E-state index in [1.807, 2.05) is 24.3 Å². The maximum Gasteiger partial charge on any atom is 0.191 e. The molecule has 1 heterocycles. The summed E-state index contributed by atoms with van der Waals surface area (Å²) in [6.45, 7) is 2.93. The number of nitrogens with zero attached hydrogens (tertiary/aromatic N) is 3. The summed E-state index contributed by atoms with van der Waals surface area (Å²) >= 11 is 1.38. The smallest absolute Gasteiger partial charge is 0.191 e. The monoisotopic (exact) mass is 441 g/mol. The highest BCUT2D eigenvalue weighted by Crippen LogP contribution is 2.29. The van der Waals surface area contributed by atoms with Crippen LogP contribution in [-0.2, 0) is 6.54 Å². The fourth-order valence-electron chi connectivity index (χ4n) is 3.10. The van der Waals surface area contributed by atoms with E-state index in [4.69, 9.17) is 14.2 Å². The van der Waals surface area contributed by atoms with Crippen molar-refractivity contribution < 1.29 is 19.0 Å². The summed E-state index contributed by atoms with van der Waals surface area (Å²) in [4.78, 5) is 12.9. The minimum Gasteiger partial charge on any atom is -0.497 e. The predicted octanol–water partition coefficient (Wildman–Crippen LogP) is 4.75. The van der Waals surface area contributed by atoms with E-state index in [-0.39, 0.29) is 11.5 Å². The van der Waals surface area contributed by atoms with Crippen molar-refractivity contribution in [2.75, 3.05) is 27.1 Å². The van der Waals surface area contributed by atoms with Crippen molar-refractivity contribution >= 4 is 17.5 Å². The average Bonchev–Trinajstić information content (AvgIpc) is 3.23. The number of benzene rings is 2. The summed E-state index contributed by atoms with van der Waals surface area (Å²) in [5, 5.41) is 9.49. The Kier molecular flexibility index (Phi) is 7.94. The first kappa shape index (κ1) is 22.7. The predicted molar refractivity (Wildman–Crippen MR) is 122 cm³/mol. The Bertz CT molecular complexity index is 1020. The van der Waals surface area contributed by atoms with Gasteiger partial charge >= 0.3 is 0 Å². The van der Waals surface area contributed by atoms with Gasteiger partial charge in [-0.2, -0.15) is 0 Å². The van der Waals surface area contributed by atoms with Crippen LogP contribution in [-0.4, -0.2) is 47.6 Å². The van der Waals surface area contributed by atoms with E-state index in [1.165, 1.54) is 11.8 Å². The number of hydrogen-bond donors (Lipinski definition) is 0. The van der Waals surface area contributed by atoms with Crippen molar-refractivity contribution in [3.8, 4) is 28.6 Å². The van der Waals surface area contributed by atoms with Gasteiger partial charge in [0.05, 0.1) is 32.6 Å². The molecule has 0 fully saturated rings. The summed E-state index contributed by atoms with van der Waals surface area (Å²) in [7, 11) is 4.76. The van der Waals surface area contributed by atoms with E-state index >= 15 is 0 Å². The molecule has 2 aromatic carbocycles. The van der Waals surface area contributed by atoms with Crippen LogP contribution < -0.4 is 14.2 Å². The molecule has 0 bridgehead atoms. The highest BCUT2D eigenvalue weighted by Gasteiger charge is 2.18. The molecule has 0 spiro atoms. The number of carbonyl (C=O) groups is 1. The third kappa shape index (κ3) is 5.38. The van der Waals surface area contributed by atoms with Gasteiger partial charge in [0, 0.05) is 18.2 Å². The maximum atomic E-state index is 12.9. The molecule has 1 aromatic heterocycles. The lowest BCUT2D eigenvalue weighted by Crippen LogP contribution is -2.08. The minimum atomic E-state index is -0.0412. The Hall–Kier alpha value is -3.00. The number of ketones is 1. The third-order valence-electron chi connectivity index (χ3n) is 4.84. The number of methoxy groups -OCH3 is 3. The molecule has 7 nitrogen and oxygen atoms in total. The van der Waals surface area contributed by atoms with Crippen LogP contribution in [0.4, 0.5) is 0 Å². The van der Waals surface area contributed by atoms with Crippen LogP contribution in [0.1, 0.15) is 30.1 Å². The summed E-state index contributed by atoms with van der Waals surface area (Å²) in [6, 6.07) is 12.9. The maximum absolute atomic E-state index is 12.9. The molecule has 3 aromatic rings. The van der Waals surface area contributed by atoms with Crippen molar-refractivity contribution in [3.63, 3.8) is 0 Å². The van der Waals surface area contributed by atoms with E-state index in [0.717, 1.165) is 41.7 Å². The molecule has 0 atom stereocenters. The largest absolute Gasteiger partial charge is 0.497 e. The minimum absolute atomic E-state index is 0.0412. The second-order valence-corrected chi connectivity index (χ2v) is 7.76. The molecule has 31 heavy (non-hydrogen) atoms. The second-order valence-electron chi connectivity index (χ2n) is 6.82. The molecule has 3 rings (SSSR count). The number of unbranched alkanes of at least 4 members (excludes halogenated alkanes) is 1. The molecule has 0 amide bonds. The van der Waals surface area contributed by atoms with E-state index in [9.17, 15) is 4.79 Å². The number of carbonyl (C=O) groups excluding carboxylic acids is 1. The van der Waals surface area contributed by atoms with Crippen LogP contribution in [0.2, 0.25) is 0 Å². The zero-order valence-corrected chi connectivity index (χ0v) is 19.1. The summed E-state index contributed by atoms with van der Waals surface area (Å²) in [5.74, 6) is 2.90. The fraction of sp³-hybridized carbons (Fsp3) is 0.348. The zero-order chi connectivity index (χ0) is 22.2. The number of hydrogen-bond acceptors (Lipinski definition) is 7. The fourth-order valence-corrected chi connectivity index (χ4v) is 3.95. The van der Waals surface area contributed by atoms with Gasteiger partial charge in [-0.3, -0.25) is 4.79 Å². The lowest BCUT2D eigenvalue weighted by atomic mass is 10.1. The molecule has 0 N–H and O–H groups in total. The van der Waals surface area contributed by atoms with Crippen LogP contribution >= 0.6 is 11.8 Å². The van der Waals surface area contributed by atoms with Crippen LogP contribution in [0.25, 0.3) is 11.4 Å². The molecular weight excluding hydrogens is 414 g/mol. The van der Waals surface area contributed by atoms with Gasteiger partial charge in [0.2, 0.25) is 0 Å². The number of Topliss-reactive ketones (excluding diaryl/α,β-unsaturated/α-hetero) is 1. The van der Waals surface area contributed by atoms with Gasteiger partial charge in [-0.15, -0.1) is 10.2 Å². The van der Waals surface area contributed by atoms with Gasteiger partial charge in [0.1, 0.15) is 17.2 Å². The van der Waals surface area contributed by atoms with Gasteiger partial charge in [0.15, 0.2) is 16.8 Å². The first-order chi connectivity index (χ1) is 15.1. The summed E-state index contributed by atoms with van der Waals surface area (Å²) in [6.07, 6.45) is 2.04. The van der Waals surface area contributed by atoms with E-state index in [2.05, 4.69) is 21.7 Å². The molecule has 0 unspecified atom stereocenters. The first-order valence-corrected chi connectivity index (χ1v) is 11.1. The molecule has 0 saturated carbocycles. The molecule has 0 aliphatic rings. The lowest BCUT2D eigenvalue weighted by molar-refractivity contribution is 0.101. The summed E-state index contributed by atoms with van der Waals surface area (Å²) < 4.78 is 17.9. The molecule has 0 aliphatic heterocycles. The Morgan fingerprint density at radius 1 is 0.968 bits per heavy atom. The van der Waals surface area contributed by atoms with Crippen molar-refractivity contribution in [2.24, 2.45) is 0 Å². The second kappa shape index (κ2) is 10.9. The van der Waals surface area contributed by atoms with Crippen molar-refractivity contribution in [1.82, 2.24) is 14.8 Å². The highest BCUT2D eigenvalue weighted by molar-refractivity contribution is 7.99. The zero-order valence-electron chi connectivity index (χ0n) is 18.3. The van der Waals surface area contributed by atoms with E-state index in [0.29, 0.717) is 17.1 Å². The first-order valence-electron chi connectivity index (χ1n) is 10.1. The topological polar surface area (TPSA) is 75.5 Å². The van der Waals surface area contributed by atoms with Crippen LogP contribution in [0.3, 0.4) is 0 Å².